The summed E-state index contributed by atoms with van der Waals surface area (Å²) in [6.07, 6.45) is 0.741. The fourth-order valence-electron chi connectivity index (χ4n) is 4.54. The Labute approximate surface area is 191 Å². The number of aryl methyl sites for hydroxylation is 1. The number of nitrogens with zero attached hydrogens (tertiary/aromatic N) is 1. The van der Waals surface area contributed by atoms with E-state index in [0.29, 0.717) is 30.4 Å². The largest absolute Gasteiger partial charge is 0.397 e. The molecule has 2 aliphatic heterocycles. The van der Waals surface area contributed by atoms with Gasteiger partial charge in [0.15, 0.2) is 4.83 Å². The van der Waals surface area contributed by atoms with Gasteiger partial charge in [0.2, 0.25) is 0 Å². The molecule has 1 amide bonds. The fourth-order valence-corrected chi connectivity index (χ4v) is 5.58. The van der Waals surface area contributed by atoms with Gasteiger partial charge in [-0.15, -0.1) is 0 Å². The van der Waals surface area contributed by atoms with Crippen molar-refractivity contribution in [3.63, 3.8) is 0 Å². The maximum atomic E-state index is 13.2. The number of anilines is 3. The Balaban J connectivity index is 1.61. The number of carbonyl (C=O) groups excluding carboxylic acids is 1. The third-order valence-electron chi connectivity index (χ3n) is 6.15. The first kappa shape index (κ1) is 21.2. The summed E-state index contributed by atoms with van der Waals surface area (Å²) in [5, 5.41) is 3.95. The molecular formula is C24H29N4O3S+. The van der Waals surface area contributed by atoms with Gasteiger partial charge < -0.3 is 20.5 Å². The zero-order chi connectivity index (χ0) is 22.5. The van der Waals surface area contributed by atoms with Gasteiger partial charge in [-0.3, -0.25) is 9.69 Å². The molecule has 0 unspecified atom stereocenters. The van der Waals surface area contributed by atoms with E-state index < -0.39 is 0 Å². The Morgan fingerprint density at radius 1 is 1.25 bits per heavy atom. The Hall–Kier alpha value is -2.68. The number of fused-ring (bicyclic) bond motifs is 3. The van der Waals surface area contributed by atoms with Gasteiger partial charge in [0, 0.05) is 12.1 Å². The molecule has 0 atom stereocenters. The highest BCUT2D eigenvalue weighted by molar-refractivity contribution is 7.21. The second-order valence-corrected chi connectivity index (χ2v) is 10.1. The van der Waals surface area contributed by atoms with Gasteiger partial charge in [-0.05, 0) is 44.0 Å². The summed E-state index contributed by atoms with van der Waals surface area (Å²) in [7, 11) is 0. The number of hydrogen-bond acceptors (Lipinski definition) is 6. The first-order valence-electron chi connectivity index (χ1n) is 11.0. The topological polar surface area (TPSA) is 91.0 Å². The molecule has 168 valence electrons. The summed E-state index contributed by atoms with van der Waals surface area (Å²) in [5.41, 5.74) is 11.0. The Kier molecular flexibility index (Phi) is 5.31. The standard InChI is InChI=1S/C24H28N4O3S/c1-14-5-4-6-15(11-14)26-22(29)20-19(25)18-16-12-24(2,3)31-13-17(16)21(27-23(18)32-20)28-7-9-30-10-8-28/h4-6,11H,7-10,12-13,25H2,1-3H3,(H,26,29)/p+1. The lowest BCUT2D eigenvalue weighted by molar-refractivity contribution is -0.329. The third kappa shape index (κ3) is 3.83. The number of pyridine rings is 1. The number of amides is 1. The number of morpholine rings is 1. The molecule has 0 aliphatic carbocycles. The van der Waals surface area contributed by atoms with E-state index in [4.69, 9.17) is 15.2 Å². The van der Waals surface area contributed by atoms with Crippen LogP contribution in [-0.2, 0) is 22.5 Å². The number of aromatic nitrogens is 1. The van der Waals surface area contributed by atoms with Crippen molar-refractivity contribution in [1.82, 2.24) is 0 Å². The summed E-state index contributed by atoms with van der Waals surface area (Å²) in [5.74, 6) is 0.869. The first-order valence-corrected chi connectivity index (χ1v) is 11.8. The number of nitrogen functional groups attached to an aromatic ring is 1. The predicted molar refractivity (Wildman–Crippen MR) is 128 cm³/mol. The summed E-state index contributed by atoms with van der Waals surface area (Å²) in [4.78, 5) is 20.5. The van der Waals surface area contributed by atoms with Gasteiger partial charge in [-0.1, -0.05) is 23.5 Å². The van der Waals surface area contributed by atoms with Crippen LogP contribution in [-0.4, -0.2) is 37.8 Å². The van der Waals surface area contributed by atoms with E-state index in [-0.39, 0.29) is 11.5 Å². The summed E-state index contributed by atoms with van der Waals surface area (Å²) < 4.78 is 11.7. The SMILES string of the molecule is Cc1cccc(NC(=O)c2sc3[nH+]c(N4CCOCC4)c4c(c3c2N)CC(C)(C)OC4)c1. The van der Waals surface area contributed by atoms with Crippen LogP contribution >= 0.6 is 11.3 Å². The minimum absolute atomic E-state index is 0.185. The second-order valence-electron chi connectivity index (χ2n) is 9.13. The number of nitrogens with two attached hydrogens (primary N) is 1. The first-order chi connectivity index (χ1) is 15.3. The van der Waals surface area contributed by atoms with Gasteiger partial charge in [-0.25, -0.2) is 4.98 Å². The number of carbonyl (C=O) groups is 1. The van der Waals surface area contributed by atoms with Crippen molar-refractivity contribution in [2.75, 3.05) is 42.3 Å². The lowest BCUT2D eigenvalue weighted by atomic mass is 9.89. The van der Waals surface area contributed by atoms with Crippen LogP contribution in [0.15, 0.2) is 24.3 Å². The summed E-state index contributed by atoms with van der Waals surface area (Å²) >= 11 is 1.42. The van der Waals surface area contributed by atoms with Gasteiger partial charge in [0.25, 0.3) is 11.7 Å². The number of nitrogens with one attached hydrogen (secondary N) is 2. The monoisotopic (exact) mass is 453 g/mol. The van der Waals surface area contributed by atoms with Crippen LogP contribution in [0.3, 0.4) is 0 Å². The van der Waals surface area contributed by atoms with Gasteiger partial charge in [-0.2, -0.15) is 0 Å². The van der Waals surface area contributed by atoms with Crippen LogP contribution in [0, 0.1) is 6.92 Å². The van der Waals surface area contributed by atoms with Crippen molar-refractivity contribution in [1.29, 1.82) is 0 Å². The van der Waals surface area contributed by atoms with Crippen LogP contribution in [0.1, 0.15) is 40.2 Å². The molecule has 4 N–H and O–H groups in total. The Morgan fingerprint density at radius 3 is 2.78 bits per heavy atom. The molecule has 3 aromatic rings. The highest BCUT2D eigenvalue weighted by Crippen LogP contribution is 2.42. The molecule has 32 heavy (non-hydrogen) atoms. The second kappa shape index (κ2) is 8.03. The van der Waals surface area contributed by atoms with Crippen molar-refractivity contribution in [2.24, 2.45) is 0 Å². The average Bonchev–Trinajstić information content (AvgIpc) is 3.10. The molecule has 1 fully saturated rings. The molecule has 0 bridgehead atoms. The van der Waals surface area contributed by atoms with Gasteiger partial charge in [0.05, 0.1) is 42.1 Å². The summed E-state index contributed by atoms with van der Waals surface area (Å²) in [6, 6.07) is 7.77. The maximum Gasteiger partial charge on any atom is 0.281 e. The van der Waals surface area contributed by atoms with Crippen LogP contribution in [0.25, 0.3) is 10.2 Å². The number of aromatic amines is 1. The van der Waals surface area contributed by atoms with E-state index in [9.17, 15) is 4.79 Å². The van der Waals surface area contributed by atoms with E-state index in [1.807, 2.05) is 31.2 Å². The van der Waals surface area contributed by atoms with Crippen molar-refractivity contribution < 1.29 is 19.3 Å². The molecule has 2 aliphatic rings. The number of thiophene rings is 1. The normalized spacial score (nSPS) is 17.9. The van der Waals surface area contributed by atoms with Crippen LogP contribution in [0.5, 0.6) is 0 Å². The smallest absolute Gasteiger partial charge is 0.281 e. The number of benzene rings is 1. The van der Waals surface area contributed by atoms with Crippen molar-refractivity contribution >= 4 is 44.7 Å². The van der Waals surface area contributed by atoms with Crippen molar-refractivity contribution in [3.05, 3.63) is 45.8 Å². The van der Waals surface area contributed by atoms with E-state index in [2.05, 4.69) is 29.0 Å². The zero-order valence-corrected chi connectivity index (χ0v) is 19.5. The van der Waals surface area contributed by atoms with Crippen LogP contribution < -0.4 is 20.9 Å². The number of H-pyrrole nitrogens is 1. The van der Waals surface area contributed by atoms with Crippen LogP contribution in [0.4, 0.5) is 17.2 Å². The molecular weight excluding hydrogens is 424 g/mol. The highest BCUT2D eigenvalue weighted by atomic mass is 32.1. The lowest BCUT2D eigenvalue weighted by Gasteiger charge is -2.33. The molecule has 2 aromatic heterocycles. The zero-order valence-electron chi connectivity index (χ0n) is 18.7. The number of hydrogen-bond donors (Lipinski definition) is 2. The molecule has 8 heteroatoms. The van der Waals surface area contributed by atoms with Crippen molar-refractivity contribution in [3.8, 4) is 0 Å². The quantitative estimate of drug-likeness (QED) is 0.633. The number of ether oxygens (including phenoxy) is 2. The van der Waals surface area contributed by atoms with Crippen molar-refractivity contribution in [2.45, 2.75) is 39.4 Å². The van der Waals surface area contributed by atoms with Gasteiger partial charge in [0.1, 0.15) is 18.0 Å². The van der Waals surface area contributed by atoms with Gasteiger partial charge >= 0.3 is 0 Å². The Morgan fingerprint density at radius 2 is 2.03 bits per heavy atom. The molecule has 7 nitrogen and oxygen atoms in total. The summed E-state index contributed by atoms with van der Waals surface area (Å²) in [6.45, 7) is 9.75. The molecule has 1 saturated heterocycles. The van der Waals surface area contributed by atoms with E-state index in [1.54, 1.807) is 0 Å². The molecule has 0 radical (unpaired) electrons. The van der Waals surface area contributed by atoms with Crippen LogP contribution in [0.2, 0.25) is 0 Å². The minimum atomic E-state index is -0.290. The molecule has 0 spiro atoms. The lowest BCUT2D eigenvalue weighted by Crippen LogP contribution is -2.42. The average molecular weight is 454 g/mol. The molecule has 1 aromatic carbocycles. The minimum Gasteiger partial charge on any atom is -0.397 e. The van der Waals surface area contributed by atoms with E-state index in [1.165, 1.54) is 16.9 Å². The molecule has 5 rings (SSSR count). The number of rotatable bonds is 3. The maximum absolute atomic E-state index is 13.2. The fraction of sp³-hybridized carbons (Fsp3) is 0.417. The molecule has 0 saturated carbocycles. The van der Waals surface area contributed by atoms with E-state index >= 15 is 0 Å². The highest BCUT2D eigenvalue weighted by Gasteiger charge is 2.36. The van der Waals surface area contributed by atoms with E-state index in [0.717, 1.165) is 52.4 Å². The predicted octanol–water partition coefficient (Wildman–Crippen LogP) is 3.55. The molecule has 4 heterocycles. The third-order valence-corrected chi connectivity index (χ3v) is 7.27. The Bertz CT molecular complexity index is 1200.